The summed E-state index contributed by atoms with van der Waals surface area (Å²) in [5.74, 6) is -3.35. The summed E-state index contributed by atoms with van der Waals surface area (Å²) in [6.45, 7) is 8.87. The maximum atomic E-state index is 12.5. The van der Waals surface area contributed by atoms with E-state index >= 15 is 0 Å². The Bertz CT molecular complexity index is 684. The molecule has 0 aromatic carbocycles. The zero-order valence-electron chi connectivity index (χ0n) is 16.1. The van der Waals surface area contributed by atoms with E-state index in [0.29, 0.717) is 24.8 Å². The van der Waals surface area contributed by atoms with E-state index in [9.17, 15) is 19.8 Å². The van der Waals surface area contributed by atoms with Crippen molar-refractivity contribution >= 4 is 11.9 Å². The highest BCUT2D eigenvalue weighted by atomic mass is 16.7. The van der Waals surface area contributed by atoms with Gasteiger partial charge in [0.25, 0.3) is 0 Å². The second-order valence-corrected chi connectivity index (χ2v) is 7.99. The van der Waals surface area contributed by atoms with Gasteiger partial charge >= 0.3 is 11.9 Å². The van der Waals surface area contributed by atoms with Crippen LogP contribution >= 0.6 is 0 Å². The summed E-state index contributed by atoms with van der Waals surface area (Å²) < 4.78 is 17.1. The van der Waals surface area contributed by atoms with Crippen LogP contribution in [0.25, 0.3) is 0 Å². The number of carbonyl (C=O) groups excluding carboxylic acids is 2. The van der Waals surface area contributed by atoms with Crippen LogP contribution in [-0.2, 0) is 23.8 Å². The predicted octanol–water partition coefficient (Wildman–Crippen LogP) is 1.62. The molecule has 0 spiro atoms. The van der Waals surface area contributed by atoms with Gasteiger partial charge in [-0.25, -0.2) is 4.79 Å². The van der Waals surface area contributed by atoms with Crippen LogP contribution in [0, 0.1) is 11.8 Å². The Hall–Kier alpha value is -1.70. The number of carbonyl (C=O) groups is 2. The molecule has 0 amide bonds. The van der Waals surface area contributed by atoms with Gasteiger partial charge in [0.05, 0.1) is 24.0 Å². The first-order chi connectivity index (χ1) is 12.6. The van der Waals surface area contributed by atoms with Crippen molar-refractivity contribution in [3.63, 3.8) is 0 Å². The lowest BCUT2D eigenvalue weighted by Gasteiger charge is -2.34. The fraction of sp³-hybridized carbons (Fsp3) is 0.700. The Balaban J connectivity index is 2.03. The van der Waals surface area contributed by atoms with E-state index in [4.69, 9.17) is 14.2 Å². The van der Waals surface area contributed by atoms with Gasteiger partial charge in [0, 0.05) is 18.4 Å². The SMILES string of the molecule is C=C1C(=O)O[C@H]2/C=C(/C)[C@]3(O)CC[C@](CO)(C[C@@H](OC(=O)[C@H](C)CC)[C@@H]12)O3. The van der Waals surface area contributed by atoms with E-state index in [1.165, 1.54) is 0 Å². The number of ether oxygens (including phenoxy) is 3. The first kappa shape index (κ1) is 20.0. The van der Waals surface area contributed by atoms with Gasteiger partial charge in [-0.3, -0.25) is 4.79 Å². The number of hydrogen-bond acceptors (Lipinski definition) is 7. The van der Waals surface area contributed by atoms with Crippen molar-refractivity contribution in [1.82, 2.24) is 0 Å². The zero-order valence-corrected chi connectivity index (χ0v) is 16.1. The molecule has 2 bridgehead atoms. The summed E-state index contributed by atoms with van der Waals surface area (Å²) in [6, 6.07) is 0. The summed E-state index contributed by atoms with van der Waals surface area (Å²) in [4.78, 5) is 24.6. The van der Waals surface area contributed by atoms with Gasteiger partial charge < -0.3 is 24.4 Å². The van der Waals surface area contributed by atoms with Crippen LogP contribution in [0.4, 0.5) is 0 Å². The number of aliphatic hydroxyl groups is 2. The minimum absolute atomic E-state index is 0.145. The van der Waals surface area contributed by atoms with Gasteiger partial charge in [-0.15, -0.1) is 0 Å². The van der Waals surface area contributed by atoms with Crippen molar-refractivity contribution < 1.29 is 34.0 Å². The zero-order chi connectivity index (χ0) is 20.0. The molecule has 3 rings (SSSR count). The minimum atomic E-state index is -1.54. The second kappa shape index (κ2) is 7.04. The molecule has 0 unspecified atom stereocenters. The van der Waals surface area contributed by atoms with Crippen molar-refractivity contribution in [2.24, 2.45) is 11.8 Å². The molecule has 0 aromatic heterocycles. The van der Waals surface area contributed by atoms with Crippen LogP contribution in [-0.4, -0.2) is 52.4 Å². The molecule has 7 nitrogen and oxygen atoms in total. The van der Waals surface area contributed by atoms with E-state index in [2.05, 4.69) is 6.58 Å². The van der Waals surface area contributed by atoms with Crippen molar-refractivity contribution in [2.75, 3.05) is 6.61 Å². The van der Waals surface area contributed by atoms with Gasteiger partial charge in [0.2, 0.25) is 0 Å². The molecule has 0 radical (unpaired) electrons. The number of aliphatic hydroxyl groups excluding tert-OH is 1. The molecule has 2 fully saturated rings. The molecule has 3 heterocycles. The maximum Gasteiger partial charge on any atom is 0.334 e. The Kier molecular flexibility index (Phi) is 5.22. The molecule has 3 aliphatic heterocycles. The van der Waals surface area contributed by atoms with Crippen molar-refractivity contribution in [2.45, 2.75) is 70.1 Å². The van der Waals surface area contributed by atoms with Gasteiger partial charge in [-0.2, -0.15) is 0 Å². The lowest BCUT2D eigenvalue weighted by Crippen LogP contribution is -2.44. The second-order valence-electron chi connectivity index (χ2n) is 7.99. The number of rotatable bonds is 4. The summed E-state index contributed by atoms with van der Waals surface area (Å²) in [5, 5.41) is 20.9. The van der Waals surface area contributed by atoms with Crippen LogP contribution in [0.2, 0.25) is 0 Å². The van der Waals surface area contributed by atoms with Crippen molar-refractivity contribution in [1.29, 1.82) is 0 Å². The third-order valence-electron chi connectivity index (χ3n) is 6.14. The summed E-state index contributed by atoms with van der Waals surface area (Å²) in [5.41, 5.74) is -0.335. The predicted molar refractivity (Wildman–Crippen MR) is 95.3 cm³/mol. The highest BCUT2D eigenvalue weighted by Gasteiger charge is 2.55. The van der Waals surface area contributed by atoms with E-state index in [1.54, 1.807) is 19.9 Å². The van der Waals surface area contributed by atoms with E-state index in [0.717, 1.165) is 0 Å². The van der Waals surface area contributed by atoms with E-state index in [-0.39, 0.29) is 30.5 Å². The molecule has 0 saturated carbocycles. The third-order valence-corrected chi connectivity index (χ3v) is 6.14. The van der Waals surface area contributed by atoms with Crippen LogP contribution < -0.4 is 0 Å². The molecule has 150 valence electrons. The van der Waals surface area contributed by atoms with E-state index < -0.39 is 35.5 Å². The lowest BCUT2D eigenvalue weighted by molar-refractivity contribution is -0.218. The third kappa shape index (κ3) is 3.44. The van der Waals surface area contributed by atoms with Gasteiger partial charge in [0.1, 0.15) is 12.2 Å². The standard InChI is InChI=1S/C20H28O7/c1-5-11(2)17(22)26-15-9-19(10-21)6-7-20(24,27-19)12(3)8-14-16(15)13(4)18(23)25-14/h8,11,14-16,21,24H,4-7,9-10H2,1-3H3/b12-8-/t11-,14+,15-,16+,19-,20+/m1/s1. The summed E-state index contributed by atoms with van der Waals surface area (Å²) in [7, 11) is 0. The number of hydrogen-bond donors (Lipinski definition) is 2. The van der Waals surface area contributed by atoms with Gasteiger partial charge in [0.15, 0.2) is 5.79 Å². The normalized spacial score (nSPS) is 41.5. The van der Waals surface area contributed by atoms with Crippen molar-refractivity contribution in [3.05, 3.63) is 23.8 Å². The average molecular weight is 380 g/mol. The quantitative estimate of drug-likeness (QED) is 0.434. The fourth-order valence-corrected chi connectivity index (χ4v) is 4.05. The topological polar surface area (TPSA) is 102 Å². The molecular formula is C20H28O7. The molecule has 2 saturated heterocycles. The van der Waals surface area contributed by atoms with Crippen LogP contribution in [0.5, 0.6) is 0 Å². The molecule has 6 atom stereocenters. The molecule has 2 N–H and O–H groups in total. The monoisotopic (exact) mass is 380 g/mol. The van der Waals surface area contributed by atoms with Crippen LogP contribution in [0.3, 0.4) is 0 Å². The van der Waals surface area contributed by atoms with Crippen LogP contribution in [0.15, 0.2) is 23.8 Å². The summed E-state index contributed by atoms with van der Waals surface area (Å²) >= 11 is 0. The first-order valence-corrected chi connectivity index (χ1v) is 9.47. The average Bonchev–Trinajstić information content (AvgIpc) is 3.12. The Morgan fingerprint density at radius 2 is 2.19 bits per heavy atom. The highest BCUT2D eigenvalue weighted by molar-refractivity contribution is 5.91. The largest absolute Gasteiger partial charge is 0.461 e. The Labute approximate surface area is 159 Å². The highest BCUT2D eigenvalue weighted by Crippen LogP contribution is 2.47. The number of esters is 2. The van der Waals surface area contributed by atoms with Crippen LogP contribution in [0.1, 0.15) is 46.5 Å². The smallest absolute Gasteiger partial charge is 0.334 e. The fourth-order valence-electron chi connectivity index (χ4n) is 4.05. The molecule has 27 heavy (non-hydrogen) atoms. The van der Waals surface area contributed by atoms with Gasteiger partial charge in [-0.05, 0) is 31.4 Å². The van der Waals surface area contributed by atoms with Crippen molar-refractivity contribution in [3.8, 4) is 0 Å². The molecular weight excluding hydrogens is 352 g/mol. The lowest BCUT2D eigenvalue weighted by atomic mass is 9.81. The molecule has 0 aliphatic carbocycles. The first-order valence-electron chi connectivity index (χ1n) is 9.47. The number of fused-ring (bicyclic) bond motifs is 3. The molecule has 7 heteroatoms. The van der Waals surface area contributed by atoms with E-state index in [1.807, 2.05) is 6.92 Å². The summed E-state index contributed by atoms with van der Waals surface area (Å²) in [6.07, 6.45) is 1.65. The van der Waals surface area contributed by atoms with Gasteiger partial charge in [-0.1, -0.05) is 20.4 Å². The molecule has 3 aliphatic rings. The molecule has 0 aromatic rings. The Morgan fingerprint density at radius 3 is 2.81 bits per heavy atom. The Morgan fingerprint density at radius 1 is 1.48 bits per heavy atom. The minimum Gasteiger partial charge on any atom is -0.461 e. The maximum absolute atomic E-state index is 12.5.